The van der Waals surface area contributed by atoms with Gasteiger partial charge in [-0.05, 0) is 24.9 Å². The molecule has 3 nitrogen and oxygen atoms in total. The maximum Gasteiger partial charge on any atom is 0.0536 e. The third kappa shape index (κ3) is 3.05. The summed E-state index contributed by atoms with van der Waals surface area (Å²) in [5.41, 5.74) is 0. The van der Waals surface area contributed by atoms with Gasteiger partial charge in [0.25, 0.3) is 0 Å². The van der Waals surface area contributed by atoms with Gasteiger partial charge in [-0.3, -0.25) is 4.68 Å². The molecule has 1 aliphatic rings. The number of halogens is 1. The fourth-order valence-corrected chi connectivity index (χ4v) is 2.45. The van der Waals surface area contributed by atoms with Gasteiger partial charge in [-0.2, -0.15) is 5.10 Å². The Kier molecular flexibility index (Phi) is 3.81. The highest BCUT2D eigenvalue weighted by Crippen LogP contribution is 2.22. The molecule has 0 radical (unpaired) electrons. The second-order valence-corrected chi connectivity index (χ2v) is 5.53. The Morgan fingerprint density at radius 2 is 2.33 bits per heavy atom. The summed E-state index contributed by atoms with van der Waals surface area (Å²) in [7, 11) is 0. The van der Waals surface area contributed by atoms with Gasteiger partial charge < -0.3 is 4.90 Å². The van der Waals surface area contributed by atoms with E-state index in [0.29, 0.717) is 4.83 Å². The molecule has 4 heteroatoms. The molecule has 0 bridgehead atoms. The van der Waals surface area contributed by atoms with Crippen molar-refractivity contribution in [3.05, 3.63) is 18.5 Å². The maximum absolute atomic E-state index is 4.22. The van der Waals surface area contributed by atoms with E-state index in [1.54, 1.807) is 0 Å². The minimum absolute atomic E-state index is 0.707. The van der Waals surface area contributed by atoms with E-state index in [4.69, 9.17) is 0 Å². The predicted molar refractivity (Wildman–Crippen MR) is 65.2 cm³/mol. The monoisotopic (exact) mass is 271 g/mol. The van der Waals surface area contributed by atoms with Crippen LogP contribution in [0.3, 0.4) is 0 Å². The molecule has 84 valence electrons. The van der Waals surface area contributed by atoms with E-state index in [1.807, 2.05) is 23.1 Å². The van der Waals surface area contributed by atoms with Gasteiger partial charge in [-0.25, -0.2) is 0 Å². The van der Waals surface area contributed by atoms with E-state index < -0.39 is 0 Å². The Hall–Kier alpha value is -0.350. The van der Waals surface area contributed by atoms with Gasteiger partial charge >= 0.3 is 0 Å². The predicted octanol–water partition coefficient (Wildman–Crippen LogP) is 1.99. The largest absolute Gasteiger partial charge is 0.301 e. The molecule has 0 aromatic carbocycles. The molecule has 0 spiro atoms. The fraction of sp³-hybridized carbons (Fsp3) is 0.727. The van der Waals surface area contributed by atoms with Gasteiger partial charge in [0.05, 0.1) is 6.54 Å². The van der Waals surface area contributed by atoms with Crippen LogP contribution in [0.5, 0.6) is 0 Å². The third-order valence-corrected chi connectivity index (χ3v) is 4.45. The highest BCUT2D eigenvalue weighted by molar-refractivity contribution is 9.09. The van der Waals surface area contributed by atoms with Crippen molar-refractivity contribution in [1.82, 2.24) is 14.7 Å². The number of piperidine rings is 1. The lowest BCUT2D eigenvalue weighted by Gasteiger charge is -2.34. The lowest BCUT2D eigenvalue weighted by atomic mass is 10.0. The Balaban J connectivity index is 1.76. The van der Waals surface area contributed by atoms with Crippen molar-refractivity contribution >= 4 is 15.9 Å². The van der Waals surface area contributed by atoms with Crippen molar-refractivity contribution < 1.29 is 0 Å². The summed E-state index contributed by atoms with van der Waals surface area (Å²) in [6.07, 6.45) is 5.13. The number of aromatic nitrogens is 2. The Morgan fingerprint density at radius 3 is 3.00 bits per heavy atom. The summed E-state index contributed by atoms with van der Waals surface area (Å²) in [5, 5.41) is 4.22. The zero-order valence-electron chi connectivity index (χ0n) is 9.14. The normalized spacial score (nSPS) is 28.1. The number of rotatable bonds is 3. The van der Waals surface area contributed by atoms with Crippen molar-refractivity contribution in [3.63, 3.8) is 0 Å². The summed E-state index contributed by atoms with van der Waals surface area (Å²) in [6, 6.07) is 1.98. The van der Waals surface area contributed by atoms with Gasteiger partial charge in [0.1, 0.15) is 0 Å². The van der Waals surface area contributed by atoms with Crippen LogP contribution < -0.4 is 0 Å². The first-order valence-electron chi connectivity index (χ1n) is 5.59. The molecule has 15 heavy (non-hydrogen) atoms. The number of nitrogens with zero attached hydrogens (tertiary/aromatic N) is 3. The lowest BCUT2D eigenvalue weighted by molar-refractivity contribution is 0.183. The maximum atomic E-state index is 4.22. The van der Waals surface area contributed by atoms with Crippen LogP contribution in [-0.2, 0) is 6.54 Å². The van der Waals surface area contributed by atoms with Crippen LogP contribution in [0.25, 0.3) is 0 Å². The van der Waals surface area contributed by atoms with E-state index in [-0.39, 0.29) is 0 Å². The number of hydrogen-bond donors (Lipinski definition) is 0. The molecule has 2 unspecified atom stereocenters. The third-order valence-electron chi connectivity index (χ3n) is 3.09. The highest BCUT2D eigenvalue weighted by atomic mass is 79.9. The second kappa shape index (κ2) is 5.12. The quantitative estimate of drug-likeness (QED) is 0.785. The molecule has 0 saturated carbocycles. The Labute approximate surface area is 99.6 Å². The summed E-state index contributed by atoms with van der Waals surface area (Å²) in [5.74, 6) is 0.761. The first-order valence-corrected chi connectivity index (χ1v) is 6.51. The average molecular weight is 272 g/mol. The van der Waals surface area contributed by atoms with Crippen molar-refractivity contribution in [2.45, 2.75) is 24.7 Å². The van der Waals surface area contributed by atoms with E-state index in [0.717, 1.165) is 19.0 Å². The standard InChI is InChI=1S/C11H18BrN3/c1-10-9-14(6-3-11(10)12)7-8-15-5-2-4-13-15/h2,4-5,10-11H,3,6-9H2,1H3. The fourth-order valence-electron chi connectivity index (χ4n) is 2.08. The summed E-state index contributed by atoms with van der Waals surface area (Å²) >= 11 is 3.73. The first kappa shape index (κ1) is 11.1. The van der Waals surface area contributed by atoms with E-state index in [9.17, 15) is 0 Å². The van der Waals surface area contributed by atoms with Gasteiger partial charge in [-0.15, -0.1) is 0 Å². The minimum atomic E-state index is 0.707. The molecule has 2 heterocycles. The smallest absolute Gasteiger partial charge is 0.0536 e. The van der Waals surface area contributed by atoms with Crippen LogP contribution in [0.15, 0.2) is 18.5 Å². The van der Waals surface area contributed by atoms with Crippen molar-refractivity contribution in [2.75, 3.05) is 19.6 Å². The number of alkyl halides is 1. The molecule has 0 aliphatic carbocycles. The molecule has 0 amide bonds. The zero-order chi connectivity index (χ0) is 10.7. The summed E-state index contributed by atoms with van der Waals surface area (Å²) < 4.78 is 2.00. The molecule has 1 aromatic rings. The molecule has 1 aromatic heterocycles. The van der Waals surface area contributed by atoms with Crippen LogP contribution in [0.2, 0.25) is 0 Å². The van der Waals surface area contributed by atoms with Gasteiger partial charge in [0.2, 0.25) is 0 Å². The van der Waals surface area contributed by atoms with Crippen molar-refractivity contribution in [2.24, 2.45) is 5.92 Å². The van der Waals surface area contributed by atoms with E-state index in [2.05, 4.69) is 32.9 Å². The summed E-state index contributed by atoms with van der Waals surface area (Å²) in [4.78, 5) is 3.24. The van der Waals surface area contributed by atoms with E-state index >= 15 is 0 Å². The summed E-state index contributed by atoms with van der Waals surface area (Å²) in [6.45, 7) is 6.86. The number of hydrogen-bond acceptors (Lipinski definition) is 2. The Bertz CT molecular complexity index is 286. The van der Waals surface area contributed by atoms with Crippen LogP contribution in [0, 0.1) is 5.92 Å². The molecule has 1 saturated heterocycles. The van der Waals surface area contributed by atoms with Gasteiger partial charge in [-0.1, -0.05) is 22.9 Å². The van der Waals surface area contributed by atoms with Crippen LogP contribution in [0.1, 0.15) is 13.3 Å². The average Bonchev–Trinajstić information content (AvgIpc) is 2.73. The topological polar surface area (TPSA) is 21.1 Å². The molecule has 0 N–H and O–H groups in total. The lowest BCUT2D eigenvalue weighted by Crippen LogP contribution is -2.41. The van der Waals surface area contributed by atoms with Gasteiger partial charge in [0.15, 0.2) is 0 Å². The zero-order valence-corrected chi connectivity index (χ0v) is 10.7. The van der Waals surface area contributed by atoms with Crippen LogP contribution in [0.4, 0.5) is 0 Å². The molecular formula is C11H18BrN3. The van der Waals surface area contributed by atoms with Crippen LogP contribution >= 0.6 is 15.9 Å². The van der Waals surface area contributed by atoms with E-state index in [1.165, 1.54) is 19.5 Å². The van der Waals surface area contributed by atoms with Crippen molar-refractivity contribution in [1.29, 1.82) is 0 Å². The molecule has 1 aliphatic heterocycles. The van der Waals surface area contributed by atoms with Crippen molar-refractivity contribution in [3.8, 4) is 0 Å². The number of likely N-dealkylation sites (tertiary alicyclic amines) is 1. The first-order chi connectivity index (χ1) is 7.25. The molecular weight excluding hydrogens is 254 g/mol. The highest BCUT2D eigenvalue weighted by Gasteiger charge is 2.23. The SMILES string of the molecule is CC1CN(CCn2cccn2)CCC1Br. The molecule has 2 atom stereocenters. The second-order valence-electron chi connectivity index (χ2n) is 4.35. The van der Waals surface area contributed by atoms with Gasteiger partial charge in [0, 0.05) is 30.3 Å². The Morgan fingerprint density at radius 1 is 1.47 bits per heavy atom. The molecule has 1 fully saturated rings. The van der Waals surface area contributed by atoms with Crippen LogP contribution in [-0.4, -0.2) is 39.1 Å². The molecule has 2 rings (SSSR count). The minimum Gasteiger partial charge on any atom is -0.301 e.